The van der Waals surface area contributed by atoms with Crippen LogP contribution >= 0.6 is 0 Å². The van der Waals surface area contributed by atoms with Crippen molar-refractivity contribution in [3.63, 3.8) is 0 Å². The summed E-state index contributed by atoms with van der Waals surface area (Å²) in [6.07, 6.45) is 1.67. The summed E-state index contributed by atoms with van der Waals surface area (Å²) in [7, 11) is 2.09. The van der Waals surface area contributed by atoms with Gasteiger partial charge in [-0.15, -0.1) is 0 Å². The molecule has 0 saturated carbocycles. The molecule has 0 amide bonds. The highest BCUT2D eigenvalue weighted by molar-refractivity contribution is 6.19. The summed E-state index contributed by atoms with van der Waals surface area (Å²) in [5, 5.41) is 11.2. The Labute approximate surface area is 336 Å². The van der Waals surface area contributed by atoms with Gasteiger partial charge in [0.1, 0.15) is 29.2 Å². The van der Waals surface area contributed by atoms with Crippen LogP contribution in [0.2, 0.25) is 0 Å². The molecular weight excluding hydrogens is 709 g/mol. The van der Waals surface area contributed by atoms with Crippen LogP contribution in [0.1, 0.15) is 40.2 Å². The average Bonchev–Trinajstić information content (AvgIpc) is 3.84. The Morgan fingerprint density at radius 1 is 0.552 bits per heavy atom. The minimum absolute atomic E-state index is 0.332. The molecule has 5 nitrogen and oxygen atoms in total. The van der Waals surface area contributed by atoms with Crippen molar-refractivity contribution in [3.8, 4) is 33.4 Å². The number of hydrogen-bond donors (Lipinski definition) is 0. The number of fused-ring (bicyclic) bond motifs is 7. The zero-order valence-corrected chi connectivity index (χ0v) is 31.7. The van der Waals surface area contributed by atoms with Gasteiger partial charge in [-0.05, 0) is 89.8 Å². The number of benzene rings is 8. The molecule has 3 aliphatic rings. The molecule has 5 heteroatoms. The van der Waals surface area contributed by atoms with E-state index in [0.29, 0.717) is 5.84 Å². The molecule has 9 aromatic rings. The fourth-order valence-electron chi connectivity index (χ4n) is 9.30. The first-order chi connectivity index (χ1) is 28.7. The van der Waals surface area contributed by atoms with E-state index < -0.39 is 6.04 Å². The monoisotopic (exact) mass is 743 g/mol. The van der Waals surface area contributed by atoms with Crippen molar-refractivity contribution in [2.24, 2.45) is 9.98 Å². The fourth-order valence-corrected chi connectivity index (χ4v) is 9.30. The summed E-state index contributed by atoms with van der Waals surface area (Å²) >= 11 is 0. The second-order valence-corrected chi connectivity index (χ2v) is 15.3. The maximum absolute atomic E-state index is 6.87. The lowest BCUT2D eigenvalue weighted by Crippen LogP contribution is -2.36. The molecule has 1 aromatic heterocycles. The van der Waals surface area contributed by atoms with Crippen LogP contribution in [0.25, 0.3) is 76.8 Å². The molecule has 2 unspecified atom stereocenters. The molecule has 0 saturated heterocycles. The molecule has 0 radical (unpaired) electrons. The molecule has 1 aliphatic carbocycles. The summed E-state index contributed by atoms with van der Waals surface area (Å²) < 4.78 is 6.87. The number of hydrogen-bond acceptors (Lipinski definition) is 4. The lowest BCUT2D eigenvalue weighted by Gasteiger charge is -2.39. The van der Waals surface area contributed by atoms with E-state index in [4.69, 9.17) is 19.7 Å². The SMILES string of the molecule is CN1C(c2ccc(-c3ccccc3)cc2)=NC(C2[N-]C=C(c3ccc4c5c(cccc35)-c3ccccc3-4)c3oc4ccccc4c32)=NC1c1ccc2ccccc2c1. The van der Waals surface area contributed by atoms with Gasteiger partial charge in [0, 0.05) is 23.6 Å². The van der Waals surface area contributed by atoms with Crippen LogP contribution in [-0.4, -0.2) is 23.6 Å². The second-order valence-electron chi connectivity index (χ2n) is 15.3. The van der Waals surface area contributed by atoms with Crippen molar-refractivity contribution >= 4 is 49.8 Å². The van der Waals surface area contributed by atoms with Crippen molar-refractivity contribution in [2.75, 3.05) is 7.05 Å². The third-order valence-corrected chi connectivity index (χ3v) is 12.1. The van der Waals surface area contributed by atoms with Crippen molar-refractivity contribution in [1.29, 1.82) is 0 Å². The molecule has 3 heterocycles. The maximum Gasteiger partial charge on any atom is 0.150 e. The van der Waals surface area contributed by atoms with E-state index in [1.54, 1.807) is 0 Å². The molecule has 12 rings (SSSR count). The maximum atomic E-state index is 6.87. The normalized spacial score (nSPS) is 16.8. The summed E-state index contributed by atoms with van der Waals surface area (Å²) in [6, 6.07) is 61.9. The van der Waals surface area contributed by atoms with Gasteiger partial charge in [0.05, 0.1) is 0 Å². The molecular formula is C53H35N4O-. The van der Waals surface area contributed by atoms with Crippen LogP contribution in [0, 0.1) is 0 Å². The van der Waals surface area contributed by atoms with E-state index >= 15 is 0 Å². The standard InChI is InChI=1S/C53H35N4O/c1-57-52(35-25-22-34(23-26-35)32-12-3-2-4-13-32)55-51(56-53(57)37-27-24-33-14-5-6-15-36(33)30-37)49-48-44-18-9-10-21-46(44)58-50(48)45(31-54-49)40-28-29-43-39-17-8-7-16-38(39)41-19-11-20-42(40)47(41)43/h2-31,49,53H,1H3/q-1. The van der Waals surface area contributed by atoms with Gasteiger partial charge in [-0.2, -0.15) is 6.20 Å². The minimum Gasteiger partial charge on any atom is -0.677 e. The smallest absolute Gasteiger partial charge is 0.150 e. The summed E-state index contributed by atoms with van der Waals surface area (Å²) in [6.45, 7) is 0. The Hall–Kier alpha value is -7.50. The number of nitrogens with zero attached hydrogens (tertiary/aromatic N) is 4. The zero-order valence-electron chi connectivity index (χ0n) is 31.7. The molecule has 8 aromatic carbocycles. The highest BCUT2D eigenvalue weighted by atomic mass is 16.3. The number of para-hydroxylation sites is 1. The molecule has 0 N–H and O–H groups in total. The highest BCUT2D eigenvalue weighted by Crippen LogP contribution is 2.52. The first-order valence-corrected chi connectivity index (χ1v) is 19.8. The minimum atomic E-state index is -0.487. The first kappa shape index (κ1) is 32.7. The van der Waals surface area contributed by atoms with E-state index in [9.17, 15) is 0 Å². The van der Waals surface area contributed by atoms with Gasteiger partial charge in [-0.25, -0.2) is 9.98 Å². The first-order valence-electron chi connectivity index (χ1n) is 19.8. The zero-order chi connectivity index (χ0) is 38.3. The molecule has 0 fully saturated rings. The van der Waals surface area contributed by atoms with Crippen LogP contribution in [0.3, 0.4) is 0 Å². The summed E-state index contributed by atoms with van der Waals surface area (Å²) in [5.74, 6) is 2.30. The van der Waals surface area contributed by atoms with Crippen LogP contribution < -0.4 is 0 Å². The Morgan fingerprint density at radius 2 is 1.21 bits per heavy atom. The van der Waals surface area contributed by atoms with Gasteiger partial charge in [0.15, 0.2) is 0 Å². The van der Waals surface area contributed by atoms with Gasteiger partial charge in [0.25, 0.3) is 0 Å². The Bertz CT molecular complexity index is 3200. The Balaban J connectivity index is 1.02. The Morgan fingerprint density at radius 3 is 2.05 bits per heavy atom. The number of aliphatic imine (C=N–C) groups is 2. The fraction of sp³-hybridized carbons (Fsp3) is 0.0566. The molecule has 58 heavy (non-hydrogen) atoms. The van der Waals surface area contributed by atoms with Gasteiger partial charge < -0.3 is 14.6 Å². The van der Waals surface area contributed by atoms with Crippen LogP contribution in [0.15, 0.2) is 197 Å². The van der Waals surface area contributed by atoms with Gasteiger partial charge in [0.2, 0.25) is 0 Å². The molecule has 2 atom stereocenters. The van der Waals surface area contributed by atoms with E-state index in [2.05, 4.69) is 170 Å². The number of amidine groups is 2. The third kappa shape index (κ3) is 4.96. The molecule has 0 bridgehead atoms. The van der Waals surface area contributed by atoms with Gasteiger partial charge in [-0.1, -0.05) is 164 Å². The molecule has 2 aliphatic heterocycles. The van der Waals surface area contributed by atoms with Crippen molar-refractivity contribution in [2.45, 2.75) is 12.2 Å². The quantitative estimate of drug-likeness (QED) is 0.176. The van der Waals surface area contributed by atoms with Gasteiger partial charge >= 0.3 is 0 Å². The van der Waals surface area contributed by atoms with Crippen LogP contribution in [-0.2, 0) is 0 Å². The topological polar surface area (TPSA) is 55.2 Å². The number of furan rings is 1. The molecule has 0 spiro atoms. The van der Waals surface area contributed by atoms with Crippen molar-refractivity contribution in [3.05, 3.63) is 215 Å². The van der Waals surface area contributed by atoms with E-state index in [1.165, 1.54) is 49.4 Å². The largest absolute Gasteiger partial charge is 0.677 e. The lowest BCUT2D eigenvalue weighted by atomic mass is 9.88. The van der Waals surface area contributed by atoms with Gasteiger partial charge in [-0.3, -0.25) is 0 Å². The predicted octanol–water partition coefficient (Wildman–Crippen LogP) is 13.4. The highest BCUT2D eigenvalue weighted by Gasteiger charge is 2.33. The summed E-state index contributed by atoms with van der Waals surface area (Å²) in [5.41, 5.74) is 13.4. The molecule has 274 valence electrons. The predicted molar refractivity (Wildman–Crippen MR) is 238 cm³/mol. The third-order valence-electron chi connectivity index (χ3n) is 12.1. The van der Waals surface area contributed by atoms with Crippen LogP contribution in [0.4, 0.5) is 0 Å². The Kier molecular flexibility index (Phi) is 7.20. The second kappa shape index (κ2) is 12.8. The van der Waals surface area contributed by atoms with E-state index in [1.807, 2.05) is 24.4 Å². The lowest BCUT2D eigenvalue weighted by molar-refractivity contribution is 0.381. The van der Waals surface area contributed by atoms with E-state index in [-0.39, 0.29) is 6.17 Å². The van der Waals surface area contributed by atoms with Crippen molar-refractivity contribution in [1.82, 2.24) is 4.90 Å². The van der Waals surface area contributed by atoms with Crippen LogP contribution in [0.5, 0.6) is 0 Å². The average molecular weight is 744 g/mol. The summed E-state index contributed by atoms with van der Waals surface area (Å²) in [4.78, 5) is 13.1. The van der Waals surface area contributed by atoms with Crippen molar-refractivity contribution < 1.29 is 4.42 Å². The van der Waals surface area contributed by atoms with E-state index in [0.717, 1.165) is 56.0 Å². The number of rotatable bonds is 5.